The number of hydrogen-bond acceptors (Lipinski definition) is 5. The number of amides is 2. The summed E-state index contributed by atoms with van der Waals surface area (Å²) in [7, 11) is -2.11. The Morgan fingerprint density at radius 1 is 0.968 bits per heavy atom. The van der Waals surface area contributed by atoms with Crippen LogP contribution in [0.1, 0.15) is 5.56 Å². The summed E-state index contributed by atoms with van der Waals surface area (Å²) in [4.78, 5) is 24.6. The summed E-state index contributed by atoms with van der Waals surface area (Å²) >= 11 is 0. The van der Waals surface area contributed by atoms with Crippen molar-refractivity contribution in [2.75, 3.05) is 29.9 Å². The summed E-state index contributed by atoms with van der Waals surface area (Å²) in [6, 6.07) is 18.1. The number of benzene rings is 3. The zero-order valence-electron chi connectivity index (χ0n) is 17.1. The molecule has 162 valence electrons. The number of methoxy groups -OCH3 is 1. The van der Waals surface area contributed by atoms with E-state index in [0.29, 0.717) is 11.4 Å². The fraction of sp³-hybridized carbons (Fsp3) is 0.182. The Balaban J connectivity index is 1.59. The highest BCUT2D eigenvalue weighted by Gasteiger charge is 2.12. The van der Waals surface area contributed by atoms with E-state index in [-0.39, 0.29) is 24.6 Å². The Morgan fingerprint density at radius 2 is 1.71 bits per heavy atom. The molecule has 2 amide bonds. The average molecular weight is 442 g/mol. The van der Waals surface area contributed by atoms with Crippen molar-refractivity contribution >= 4 is 44.0 Å². The number of anilines is 2. The number of carbonyl (C=O) groups excluding carboxylic acids is 2. The molecule has 3 aromatic rings. The second-order valence-corrected chi connectivity index (χ2v) is 8.68. The van der Waals surface area contributed by atoms with Crippen LogP contribution in [0.5, 0.6) is 5.75 Å². The van der Waals surface area contributed by atoms with Gasteiger partial charge in [0.1, 0.15) is 5.75 Å². The van der Waals surface area contributed by atoms with Gasteiger partial charge in [0.05, 0.1) is 32.0 Å². The summed E-state index contributed by atoms with van der Waals surface area (Å²) in [5.74, 6) is -0.408. The van der Waals surface area contributed by atoms with Crippen molar-refractivity contribution in [2.45, 2.75) is 6.42 Å². The van der Waals surface area contributed by atoms with E-state index in [0.717, 1.165) is 22.6 Å². The van der Waals surface area contributed by atoms with Gasteiger partial charge in [0, 0.05) is 5.69 Å². The molecule has 8 nitrogen and oxygen atoms in total. The average Bonchev–Trinajstić information content (AvgIpc) is 2.72. The number of sulfonamides is 1. The number of fused-ring (bicyclic) bond motifs is 1. The molecule has 0 aliphatic heterocycles. The van der Waals surface area contributed by atoms with Crippen molar-refractivity contribution < 1.29 is 22.7 Å². The highest BCUT2D eigenvalue weighted by Crippen LogP contribution is 2.28. The van der Waals surface area contributed by atoms with E-state index >= 15 is 0 Å². The van der Waals surface area contributed by atoms with Gasteiger partial charge >= 0.3 is 0 Å². The van der Waals surface area contributed by atoms with Gasteiger partial charge in [-0.3, -0.25) is 14.3 Å². The zero-order chi connectivity index (χ0) is 22.4. The highest BCUT2D eigenvalue weighted by molar-refractivity contribution is 7.92. The Hall–Kier alpha value is -3.59. The second kappa shape index (κ2) is 9.48. The van der Waals surface area contributed by atoms with Crippen molar-refractivity contribution in [3.8, 4) is 5.75 Å². The lowest BCUT2D eigenvalue weighted by molar-refractivity contribution is -0.123. The van der Waals surface area contributed by atoms with E-state index in [1.807, 2.05) is 42.5 Å². The molecule has 31 heavy (non-hydrogen) atoms. The van der Waals surface area contributed by atoms with Crippen molar-refractivity contribution in [3.05, 3.63) is 66.2 Å². The van der Waals surface area contributed by atoms with Crippen LogP contribution in [0.3, 0.4) is 0 Å². The Kier molecular flexibility index (Phi) is 6.76. The molecule has 0 aliphatic carbocycles. The first kappa shape index (κ1) is 22.1. The molecule has 3 rings (SSSR count). The van der Waals surface area contributed by atoms with E-state index < -0.39 is 15.9 Å². The number of ether oxygens (including phenoxy) is 1. The lowest BCUT2D eigenvalue weighted by Gasteiger charge is -2.13. The maximum absolute atomic E-state index is 12.3. The van der Waals surface area contributed by atoms with Gasteiger partial charge in [0.2, 0.25) is 21.8 Å². The van der Waals surface area contributed by atoms with Crippen LogP contribution >= 0.6 is 0 Å². The zero-order valence-corrected chi connectivity index (χ0v) is 18.0. The Morgan fingerprint density at radius 3 is 2.45 bits per heavy atom. The van der Waals surface area contributed by atoms with Crippen molar-refractivity contribution in [1.82, 2.24) is 5.32 Å². The minimum absolute atomic E-state index is 0.152. The lowest BCUT2D eigenvalue weighted by Crippen LogP contribution is -2.33. The maximum atomic E-state index is 12.3. The molecule has 0 aliphatic rings. The predicted octanol–water partition coefficient (Wildman–Crippen LogP) is 2.52. The van der Waals surface area contributed by atoms with Gasteiger partial charge in [-0.2, -0.15) is 0 Å². The van der Waals surface area contributed by atoms with Crippen LogP contribution in [0.2, 0.25) is 0 Å². The molecule has 3 N–H and O–H groups in total. The molecule has 0 saturated carbocycles. The number of carbonyl (C=O) groups is 2. The van der Waals surface area contributed by atoms with E-state index in [2.05, 4.69) is 15.4 Å². The van der Waals surface area contributed by atoms with Crippen LogP contribution in [0.15, 0.2) is 60.7 Å². The fourth-order valence-corrected chi connectivity index (χ4v) is 3.69. The molecule has 0 radical (unpaired) electrons. The summed E-state index contributed by atoms with van der Waals surface area (Å²) in [5, 5.41) is 7.27. The van der Waals surface area contributed by atoms with Crippen LogP contribution in [0.4, 0.5) is 11.4 Å². The van der Waals surface area contributed by atoms with Gasteiger partial charge < -0.3 is 15.4 Å². The quantitative estimate of drug-likeness (QED) is 0.497. The van der Waals surface area contributed by atoms with Gasteiger partial charge in [-0.15, -0.1) is 0 Å². The molecule has 0 aromatic heterocycles. The van der Waals surface area contributed by atoms with Gasteiger partial charge in [-0.05, 0) is 34.5 Å². The molecular weight excluding hydrogens is 418 g/mol. The Labute approximate surface area is 180 Å². The summed E-state index contributed by atoms with van der Waals surface area (Å²) in [5.41, 5.74) is 1.44. The maximum Gasteiger partial charge on any atom is 0.243 e. The van der Waals surface area contributed by atoms with Crippen LogP contribution < -0.4 is 20.1 Å². The minimum atomic E-state index is -3.52. The molecule has 0 heterocycles. The first-order valence-corrected chi connectivity index (χ1v) is 11.3. The van der Waals surface area contributed by atoms with Gasteiger partial charge in [0.25, 0.3) is 0 Å². The third kappa shape index (κ3) is 6.19. The van der Waals surface area contributed by atoms with E-state index in [4.69, 9.17) is 4.74 Å². The van der Waals surface area contributed by atoms with Crippen LogP contribution in [0, 0.1) is 0 Å². The highest BCUT2D eigenvalue weighted by atomic mass is 32.2. The summed E-state index contributed by atoms with van der Waals surface area (Å²) in [6.45, 7) is -0.218. The predicted molar refractivity (Wildman–Crippen MR) is 121 cm³/mol. The first-order chi connectivity index (χ1) is 14.7. The third-order valence-electron chi connectivity index (χ3n) is 4.46. The number of nitrogens with one attached hydrogen (secondary N) is 3. The van der Waals surface area contributed by atoms with Crippen LogP contribution in [-0.4, -0.2) is 40.1 Å². The van der Waals surface area contributed by atoms with E-state index in [1.54, 1.807) is 6.07 Å². The summed E-state index contributed by atoms with van der Waals surface area (Å²) < 4.78 is 30.5. The number of hydrogen-bond donors (Lipinski definition) is 3. The smallest absolute Gasteiger partial charge is 0.243 e. The topological polar surface area (TPSA) is 114 Å². The molecular formula is C22H23N3O5S. The van der Waals surface area contributed by atoms with Gasteiger partial charge in [0.15, 0.2) is 0 Å². The Bertz CT molecular complexity index is 1220. The molecule has 0 fully saturated rings. The van der Waals surface area contributed by atoms with Gasteiger partial charge in [-0.25, -0.2) is 8.42 Å². The standard InChI is InChI=1S/C22H23N3O5S/c1-30-20-11-10-17(13-19(20)25-31(2,28)29)24-22(27)14-23-21(26)12-16-8-5-7-15-6-3-4-9-18(15)16/h3-11,13,25H,12,14H2,1-2H3,(H,23,26)(H,24,27). The largest absolute Gasteiger partial charge is 0.495 e. The molecule has 0 atom stereocenters. The van der Waals surface area contributed by atoms with Crippen LogP contribution in [-0.2, 0) is 26.0 Å². The molecule has 0 bridgehead atoms. The molecule has 0 saturated heterocycles. The normalized spacial score (nSPS) is 11.0. The molecule has 0 unspecified atom stereocenters. The number of rotatable bonds is 8. The fourth-order valence-electron chi connectivity index (χ4n) is 3.13. The molecule has 9 heteroatoms. The monoisotopic (exact) mass is 441 g/mol. The lowest BCUT2D eigenvalue weighted by atomic mass is 10.0. The van der Waals surface area contributed by atoms with Crippen molar-refractivity contribution in [3.63, 3.8) is 0 Å². The third-order valence-corrected chi connectivity index (χ3v) is 5.05. The van der Waals surface area contributed by atoms with Crippen LogP contribution in [0.25, 0.3) is 10.8 Å². The minimum Gasteiger partial charge on any atom is -0.495 e. The first-order valence-electron chi connectivity index (χ1n) is 9.44. The van der Waals surface area contributed by atoms with E-state index in [1.165, 1.54) is 19.2 Å². The van der Waals surface area contributed by atoms with Crippen molar-refractivity contribution in [2.24, 2.45) is 0 Å². The molecule has 0 spiro atoms. The molecule has 3 aromatic carbocycles. The SMILES string of the molecule is COc1ccc(NC(=O)CNC(=O)Cc2cccc3ccccc23)cc1NS(C)(=O)=O. The van der Waals surface area contributed by atoms with Crippen molar-refractivity contribution in [1.29, 1.82) is 0 Å². The van der Waals surface area contributed by atoms with Gasteiger partial charge in [-0.1, -0.05) is 42.5 Å². The van der Waals surface area contributed by atoms with E-state index in [9.17, 15) is 18.0 Å². The second-order valence-electron chi connectivity index (χ2n) is 6.93. The summed E-state index contributed by atoms with van der Waals surface area (Å²) in [6.07, 6.45) is 1.17.